The van der Waals surface area contributed by atoms with E-state index in [1.807, 2.05) is 0 Å². The zero-order valence-electron chi connectivity index (χ0n) is 15.5. The maximum absolute atomic E-state index is 12.2. The van der Waals surface area contributed by atoms with Crippen molar-refractivity contribution in [3.63, 3.8) is 0 Å². The number of amides is 1. The van der Waals surface area contributed by atoms with E-state index in [1.165, 1.54) is 47.7 Å². The van der Waals surface area contributed by atoms with Crippen molar-refractivity contribution < 1.29 is 13.2 Å². The lowest BCUT2D eigenvalue weighted by atomic mass is 10.0. The highest BCUT2D eigenvalue weighted by molar-refractivity contribution is 7.89. The predicted molar refractivity (Wildman–Crippen MR) is 110 cm³/mol. The van der Waals surface area contributed by atoms with Crippen LogP contribution in [0.5, 0.6) is 0 Å². The molecular weight excluding hydrogens is 394 g/mol. The maximum Gasteiger partial charge on any atom is 0.251 e. The van der Waals surface area contributed by atoms with Crippen LogP contribution in [0.2, 0.25) is 0 Å². The third kappa shape index (κ3) is 5.19. The molecule has 1 amide bonds. The summed E-state index contributed by atoms with van der Waals surface area (Å²) in [6.45, 7) is 0.472. The van der Waals surface area contributed by atoms with Crippen molar-refractivity contribution in [2.75, 3.05) is 13.1 Å². The Kier molecular flexibility index (Phi) is 6.83. The molecule has 0 spiro atoms. The Labute approximate surface area is 169 Å². The van der Waals surface area contributed by atoms with Gasteiger partial charge in [0.1, 0.15) is 0 Å². The summed E-state index contributed by atoms with van der Waals surface area (Å²) in [5.41, 5.74) is 1.68. The average molecular weight is 418 g/mol. The molecule has 0 bridgehead atoms. The van der Waals surface area contributed by atoms with E-state index in [9.17, 15) is 13.2 Å². The van der Waals surface area contributed by atoms with E-state index < -0.39 is 10.0 Å². The number of aryl methyl sites for hydroxylation is 3. The Bertz CT molecular complexity index is 950. The van der Waals surface area contributed by atoms with Gasteiger partial charge in [0.15, 0.2) is 0 Å². The number of sulfonamides is 1. The lowest BCUT2D eigenvalue weighted by Crippen LogP contribution is -2.26. The van der Waals surface area contributed by atoms with Gasteiger partial charge in [0, 0.05) is 23.4 Å². The van der Waals surface area contributed by atoms with Gasteiger partial charge in [0.25, 0.3) is 5.91 Å². The molecule has 0 fully saturated rings. The molecule has 2 N–H and O–H groups in total. The van der Waals surface area contributed by atoms with E-state index in [4.69, 9.17) is 11.4 Å². The van der Waals surface area contributed by atoms with Crippen LogP contribution in [0.1, 0.15) is 45.2 Å². The van der Waals surface area contributed by atoms with Crippen molar-refractivity contribution in [3.05, 3.63) is 45.4 Å². The van der Waals surface area contributed by atoms with Crippen LogP contribution in [0.4, 0.5) is 0 Å². The van der Waals surface area contributed by atoms with Gasteiger partial charge in [-0.15, -0.1) is 17.8 Å². The Morgan fingerprint density at radius 3 is 2.68 bits per heavy atom. The second-order valence-electron chi connectivity index (χ2n) is 6.60. The zero-order chi connectivity index (χ0) is 20.0. The molecule has 0 aliphatic heterocycles. The number of carbonyl (C=O) groups excluding carboxylic acids is 1. The third-order valence-electron chi connectivity index (χ3n) is 4.53. The van der Waals surface area contributed by atoms with E-state index in [-0.39, 0.29) is 17.3 Å². The molecule has 2 aromatic rings. The monoisotopic (exact) mass is 417 g/mol. The van der Waals surface area contributed by atoms with Crippen LogP contribution in [0.15, 0.2) is 29.2 Å². The smallest absolute Gasteiger partial charge is 0.251 e. The number of carbonyl (C=O) groups is 1. The first-order valence-corrected chi connectivity index (χ1v) is 11.6. The van der Waals surface area contributed by atoms with Crippen molar-refractivity contribution in [2.45, 2.75) is 43.4 Å². The lowest BCUT2D eigenvalue weighted by molar-refractivity contribution is 0.0953. The number of hydrogen-bond acceptors (Lipinski definition) is 5. The molecular formula is C20H23N3O3S2. The SMILES string of the molecule is C#CCNS(=O)(=O)c1ccc(C(=O)NCCCc2nc3c(s2)CCCC3)cc1. The molecule has 1 aromatic heterocycles. The van der Waals surface area contributed by atoms with E-state index in [1.54, 1.807) is 11.3 Å². The molecule has 6 nitrogen and oxygen atoms in total. The highest BCUT2D eigenvalue weighted by Crippen LogP contribution is 2.27. The summed E-state index contributed by atoms with van der Waals surface area (Å²) in [4.78, 5) is 18.4. The number of aromatic nitrogens is 1. The quantitative estimate of drug-likeness (QED) is 0.510. The van der Waals surface area contributed by atoms with Crippen molar-refractivity contribution in [1.29, 1.82) is 0 Å². The number of nitrogens with one attached hydrogen (secondary N) is 2. The van der Waals surface area contributed by atoms with Crippen molar-refractivity contribution in [3.8, 4) is 12.3 Å². The summed E-state index contributed by atoms with van der Waals surface area (Å²) in [5, 5.41) is 4.02. The van der Waals surface area contributed by atoms with Crippen molar-refractivity contribution in [2.24, 2.45) is 0 Å². The van der Waals surface area contributed by atoms with E-state index in [0.717, 1.165) is 30.7 Å². The standard InChI is InChI=1S/C20H23N3O3S2/c1-2-13-22-28(25,26)16-11-9-15(10-12-16)20(24)21-14-5-8-19-23-17-6-3-4-7-18(17)27-19/h1,9-12,22H,3-8,13-14H2,(H,21,24). The molecule has 1 aliphatic carbocycles. The van der Waals surface area contributed by atoms with Gasteiger partial charge in [-0.1, -0.05) is 5.92 Å². The van der Waals surface area contributed by atoms with Gasteiger partial charge < -0.3 is 5.32 Å². The zero-order valence-corrected chi connectivity index (χ0v) is 17.2. The average Bonchev–Trinajstić information content (AvgIpc) is 3.12. The fourth-order valence-corrected chi connectivity index (χ4v) is 5.19. The number of rotatable bonds is 8. The normalized spacial score (nSPS) is 13.5. The maximum atomic E-state index is 12.2. The van der Waals surface area contributed by atoms with Crippen LogP contribution in [-0.2, 0) is 29.3 Å². The fraction of sp³-hybridized carbons (Fsp3) is 0.400. The van der Waals surface area contributed by atoms with Gasteiger partial charge in [-0.25, -0.2) is 13.4 Å². The van der Waals surface area contributed by atoms with Crippen molar-refractivity contribution >= 4 is 27.3 Å². The molecule has 1 aromatic carbocycles. The summed E-state index contributed by atoms with van der Waals surface area (Å²) in [6, 6.07) is 5.78. The van der Waals surface area contributed by atoms with Crippen LogP contribution in [0.3, 0.4) is 0 Å². The van der Waals surface area contributed by atoms with Crippen LogP contribution in [0, 0.1) is 12.3 Å². The second-order valence-corrected chi connectivity index (χ2v) is 9.53. The fourth-order valence-electron chi connectivity index (χ4n) is 3.06. The molecule has 1 heterocycles. The number of benzene rings is 1. The molecule has 0 radical (unpaired) electrons. The van der Waals surface area contributed by atoms with Gasteiger partial charge in [-0.2, -0.15) is 4.72 Å². The minimum absolute atomic E-state index is 0.0760. The lowest BCUT2D eigenvalue weighted by Gasteiger charge is -2.07. The van der Waals surface area contributed by atoms with E-state index in [0.29, 0.717) is 12.1 Å². The largest absolute Gasteiger partial charge is 0.352 e. The second kappa shape index (κ2) is 9.32. The molecule has 3 rings (SSSR count). The van der Waals surface area contributed by atoms with Gasteiger partial charge in [-0.05, 0) is 56.4 Å². The van der Waals surface area contributed by atoms with Gasteiger partial charge in [-0.3, -0.25) is 4.79 Å². The van der Waals surface area contributed by atoms with Gasteiger partial charge in [0.05, 0.1) is 22.1 Å². The molecule has 148 valence electrons. The summed E-state index contributed by atoms with van der Waals surface area (Å²) in [7, 11) is -3.65. The first-order chi connectivity index (χ1) is 13.5. The minimum atomic E-state index is -3.65. The Morgan fingerprint density at radius 2 is 1.96 bits per heavy atom. The van der Waals surface area contributed by atoms with Crippen molar-refractivity contribution in [1.82, 2.24) is 15.0 Å². The van der Waals surface area contributed by atoms with Crippen LogP contribution >= 0.6 is 11.3 Å². The summed E-state index contributed by atoms with van der Waals surface area (Å²) < 4.78 is 26.2. The van der Waals surface area contributed by atoms with Crippen LogP contribution < -0.4 is 10.0 Å². The topological polar surface area (TPSA) is 88.2 Å². The number of hydrogen-bond donors (Lipinski definition) is 2. The molecule has 1 aliphatic rings. The Balaban J connectivity index is 1.47. The third-order valence-corrected chi connectivity index (χ3v) is 7.17. The highest BCUT2D eigenvalue weighted by Gasteiger charge is 2.16. The van der Waals surface area contributed by atoms with E-state index in [2.05, 4.69) is 16.0 Å². The summed E-state index contributed by atoms with van der Waals surface area (Å²) >= 11 is 1.80. The summed E-state index contributed by atoms with van der Waals surface area (Å²) in [5.74, 6) is 2.00. The van der Waals surface area contributed by atoms with E-state index >= 15 is 0 Å². The highest BCUT2D eigenvalue weighted by atomic mass is 32.2. The number of thiazole rings is 1. The van der Waals surface area contributed by atoms with Gasteiger partial charge >= 0.3 is 0 Å². The molecule has 0 unspecified atom stereocenters. The molecule has 0 atom stereocenters. The first-order valence-electron chi connectivity index (χ1n) is 9.28. The molecule has 0 saturated carbocycles. The Hall–Kier alpha value is -2.21. The summed E-state index contributed by atoms with van der Waals surface area (Å²) in [6.07, 6.45) is 11.5. The molecule has 8 heteroatoms. The minimum Gasteiger partial charge on any atom is -0.352 e. The molecule has 28 heavy (non-hydrogen) atoms. The number of terminal acetylenes is 1. The molecule has 0 saturated heterocycles. The number of fused-ring (bicyclic) bond motifs is 1. The van der Waals surface area contributed by atoms with Crippen LogP contribution in [-0.4, -0.2) is 32.4 Å². The van der Waals surface area contributed by atoms with Crippen LogP contribution in [0.25, 0.3) is 0 Å². The Morgan fingerprint density at radius 1 is 1.21 bits per heavy atom. The first kappa shape index (κ1) is 20.5. The predicted octanol–water partition coefficient (Wildman–Crippen LogP) is 2.30. The number of nitrogens with zero attached hydrogens (tertiary/aromatic N) is 1. The van der Waals surface area contributed by atoms with Gasteiger partial charge in [0.2, 0.25) is 10.0 Å².